The maximum absolute atomic E-state index is 5.60. The van der Waals surface area contributed by atoms with Gasteiger partial charge in [0.05, 0.1) is 0 Å². The summed E-state index contributed by atoms with van der Waals surface area (Å²) in [5.41, 5.74) is 2.20. The Morgan fingerprint density at radius 2 is 2.00 bits per heavy atom. The lowest BCUT2D eigenvalue weighted by atomic mass is 10.1. The average Bonchev–Trinajstić information content (AvgIpc) is 2.76. The maximum Gasteiger partial charge on any atom is 0.227 e. The zero-order valence-corrected chi connectivity index (χ0v) is 9.87. The molecule has 0 aliphatic heterocycles. The van der Waals surface area contributed by atoms with Gasteiger partial charge >= 0.3 is 0 Å². The molecule has 16 heavy (non-hydrogen) atoms. The Kier molecular flexibility index (Phi) is 3.57. The van der Waals surface area contributed by atoms with E-state index in [2.05, 4.69) is 10.1 Å². The van der Waals surface area contributed by atoms with E-state index in [1.165, 1.54) is 5.56 Å². The van der Waals surface area contributed by atoms with Crippen molar-refractivity contribution in [1.29, 1.82) is 0 Å². The molecule has 0 aliphatic carbocycles. The number of alkyl halides is 1. The van der Waals surface area contributed by atoms with E-state index in [1.54, 1.807) is 0 Å². The van der Waals surface area contributed by atoms with Crippen LogP contribution >= 0.6 is 11.6 Å². The fourth-order valence-electron chi connectivity index (χ4n) is 1.39. The summed E-state index contributed by atoms with van der Waals surface area (Å²) in [6.07, 6.45) is 1.60. The monoisotopic (exact) mass is 236 g/mol. The van der Waals surface area contributed by atoms with Crippen molar-refractivity contribution in [2.24, 2.45) is 0 Å². The van der Waals surface area contributed by atoms with Crippen LogP contribution in [0.15, 0.2) is 28.8 Å². The molecule has 0 unspecified atom stereocenters. The smallest absolute Gasteiger partial charge is 0.227 e. The Morgan fingerprint density at radius 3 is 2.69 bits per heavy atom. The highest BCUT2D eigenvalue weighted by Crippen LogP contribution is 2.16. The van der Waals surface area contributed by atoms with Crippen LogP contribution in [0.5, 0.6) is 0 Å². The molecule has 0 amide bonds. The molecule has 3 nitrogen and oxygen atoms in total. The van der Waals surface area contributed by atoms with Gasteiger partial charge in [-0.15, -0.1) is 11.6 Å². The van der Waals surface area contributed by atoms with E-state index in [0.29, 0.717) is 17.6 Å². The summed E-state index contributed by atoms with van der Waals surface area (Å²) in [5, 5.41) is 3.94. The summed E-state index contributed by atoms with van der Waals surface area (Å²) in [6.45, 7) is 2.05. The van der Waals surface area contributed by atoms with Gasteiger partial charge in [0.2, 0.25) is 11.7 Å². The minimum Gasteiger partial charge on any atom is -0.339 e. The number of aromatic nitrogens is 2. The number of nitrogens with zero attached hydrogens (tertiary/aromatic N) is 2. The van der Waals surface area contributed by atoms with E-state index in [4.69, 9.17) is 16.1 Å². The Hall–Kier alpha value is -1.35. The van der Waals surface area contributed by atoms with Gasteiger partial charge in [-0.05, 0) is 13.3 Å². The number of aryl methyl sites for hydroxylation is 2. The van der Waals surface area contributed by atoms with Crippen LogP contribution in [0.1, 0.15) is 17.9 Å². The van der Waals surface area contributed by atoms with Crippen LogP contribution in [0, 0.1) is 6.92 Å². The third-order valence-electron chi connectivity index (χ3n) is 2.30. The topological polar surface area (TPSA) is 38.9 Å². The predicted octanol–water partition coefficient (Wildman–Crippen LogP) is 3.22. The first-order valence-corrected chi connectivity index (χ1v) is 5.78. The second-order valence-corrected chi connectivity index (χ2v) is 4.05. The second-order valence-electron chi connectivity index (χ2n) is 3.67. The molecule has 0 aliphatic rings. The maximum atomic E-state index is 5.60. The Morgan fingerprint density at radius 1 is 1.25 bits per heavy atom. The van der Waals surface area contributed by atoms with Gasteiger partial charge in [-0.3, -0.25) is 0 Å². The van der Waals surface area contributed by atoms with Crippen LogP contribution in [-0.4, -0.2) is 16.0 Å². The second kappa shape index (κ2) is 5.12. The van der Waals surface area contributed by atoms with Crippen molar-refractivity contribution < 1.29 is 4.52 Å². The van der Waals surface area contributed by atoms with Crippen LogP contribution < -0.4 is 0 Å². The van der Waals surface area contributed by atoms with Gasteiger partial charge in [-0.25, -0.2) is 0 Å². The normalized spacial score (nSPS) is 10.6. The summed E-state index contributed by atoms with van der Waals surface area (Å²) in [7, 11) is 0. The van der Waals surface area contributed by atoms with Crippen LogP contribution in [-0.2, 0) is 6.42 Å². The Labute approximate surface area is 99.4 Å². The predicted molar refractivity (Wildman–Crippen MR) is 63.5 cm³/mol. The minimum absolute atomic E-state index is 0.613. The summed E-state index contributed by atoms with van der Waals surface area (Å²) in [5.74, 6) is 1.91. The lowest BCUT2D eigenvalue weighted by Gasteiger charge is -1.94. The van der Waals surface area contributed by atoms with Crippen molar-refractivity contribution in [2.75, 3.05) is 5.88 Å². The van der Waals surface area contributed by atoms with Gasteiger partial charge in [0, 0.05) is 17.9 Å². The summed E-state index contributed by atoms with van der Waals surface area (Å²) >= 11 is 5.60. The van der Waals surface area contributed by atoms with E-state index in [9.17, 15) is 0 Å². The number of halogens is 1. The molecule has 4 heteroatoms. The molecule has 0 atom stereocenters. The largest absolute Gasteiger partial charge is 0.339 e. The quantitative estimate of drug-likeness (QED) is 0.766. The zero-order valence-electron chi connectivity index (χ0n) is 9.11. The number of hydrogen-bond donors (Lipinski definition) is 0. The highest BCUT2D eigenvalue weighted by Gasteiger charge is 2.07. The highest BCUT2D eigenvalue weighted by atomic mass is 35.5. The molecular weight excluding hydrogens is 224 g/mol. The van der Waals surface area contributed by atoms with Gasteiger partial charge in [-0.2, -0.15) is 4.98 Å². The molecule has 0 N–H and O–H groups in total. The molecular formula is C12H13ClN2O. The van der Waals surface area contributed by atoms with E-state index in [-0.39, 0.29) is 0 Å². The van der Waals surface area contributed by atoms with Gasteiger partial charge in [0.15, 0.2) is 0 Å². The van der Waals surface area contributed by atoms with Gasteiger partial charge < -0.3 is 4.52 Å². The molecule has 0 saturated carbocycles. The molecule has 1 heterocycles. The molecule has 84 valence electrons. The third kappa shape index (κ3) is 2.61. The molecule has 2 aromatic rings. The summed E-state index contributed by atoms with van der Waals surface area (Å²) in [4.78, 5) is 4.31. The molecule has 0 radical (unpaired) electrons. The summed E-state index contributed by atoms with van der Waals surface area (Å²) in [6, 6.07) is 8.05. The van der Waals surface area contributed by atoms with Crippen molar-refractivity contribution in [2.45, 2.75) is 19.8 Å². The SMILES string of the molecule is Cc1ccc(-c2noc(CCCCl)n2)cc1. The first-order valence-electron chi connectivity index (χ1n) is 5.25. The highest BCUT2D eigenvalue weighted by molar-refractivity contribution is 6.17. The Balaban J connectivity index is 2.15. The molecule has 1 aromatic heterocycles. The van der Waals surface area contributed by atoms with Gasteiger partial charge in [0.25, 0.3) is 0 Å². The first-order chi connectivity index (χ1) is 7.79. The van der Waals surface area contributed by atoms with Crippen LogP contribution in [0.4, 0.5) is 0 Å². The minimum atomic E-state index is 0.613. The summed E-state index contributed by atoms with van der Waals surface area (Å²) < 4.78 is 5.13. The zero-order chi connectivity index (χ0) is 11.4. The van der Waals surface area contributed by atoms with Crippen LogP contribution in [0.2, 0.25) is 0 Å². The molecule has 0 spiro atoms. The van der Waals surface area contributed by atoms with Gasteiger partial charge in [-0.1, -0.05) is 35.0 Å². The molecule has 1 aromatic carbocycles. The van der Waals surface area contributed by atoms with Crippen molar-refractivity contribution >= 4 is 11.6 Å². The molecule has 0 fully saturated rings. The Bertz CT molecular complexity index is 450. The number of rotatable bonds is 4. The van der Waals surface area contributed by atoms with E-state index in [0.717, 1.165) is 18.4 Å². The number of hydrogen-bond acceptors (Lipinski definition) is 3. The fraction of sp³-hybridized carbons (Fsp3) is 0.333. The van der Waals surface area contributed by atoms with Crippen molar-refractivity contribution in [1.82, 2.24) is 10.1 Å². The lowest BCUT2D eigenvalue weighted by molar-refractivity contribution is 0.378. The lowest BCUT2D eigenvalue weighted by Crippen LogP contribution is -1.86. The molecule has 0 bridgehead atoms. The van der Waals surface area contributed by atoms with E-state index >= 15 is 0 Å². The van der Waals surface area contributed by atoms with E-state index in [1.807, 2.05) is 31.2 Å². The van der Waals surface area contributed by atoms with Crippen molar-refractivity contribution in [3.05, 3.63) is 35.7 Å². The molecule has 0 saturated heterocycles. The van der Waals surface area contributed by atoms with Crippen molar-refractivity contribution in [3.63, 3.8) is 0 Å². The number of benzene rings is 1. The third-order valence-corrected chi connectivity index (χ3v) is 2.57. The van der Waals surface area contributed by atoms with Crippen LogP contribution in [0.25, 0.3) is 11.4 Å². The fourth-order valence-corrected chi connectivity index (χ4v) is 1.53. The average molecular weight is 237 g/mol. The van der Waals surface area contributed by atoms with Crippen LogP contribution in [0.3, 0.4) is 0 Å². The standard InChI is InChI=1S/C12H13ClN2O/c1-9-4-6-10(7-5-9)12-14-11(16-15-12)3-2-8-13/h4-7H,2-3,8H2,1H3. The first kappa shape index (κ1) is 11.1. The van der Waals surface area contributed by atoms with Gasteiger partial charge in [0.1, 0.15) is 0 Å². The van der Waals surface area contributed by atoms with E-state index < -0.39 is 0 Å². The van der Waals surface area contributed by atoms with Crippen molar-refractivity contribution in [3.8, 4) is 11.4 Å². The molecule has 2 rings (SSSR count).